The summed E-state index contributed by atoms with van der Waals surface area (Å²) in [6.45, 7) is 2.01. The van der Waals surface area contributed by atoms with Gasteiger partial charge in [-0.3, -0.25) is 9.69 Å². The summed E-state index contributed by atoms with van der Waals surface area (Å²) < 4.78 is 0. The molecule has 1 aliphatic rings. The van der Waals surface area contributed by atoms with Gasteiger partial charge < -0.3 is 10.2 Å². The van der Waals surface area contributed by atoms with Crippen LogP contribution in [0.2, 0.25) is 0 Å². The SMILES string of the molecule is O=C(O)C1CCCN1CCCCCO. The lowest BCUT2D eigenvalue weighted by Crippen LogP contribution is -2.36. The van der Waals surface area contributed by atoms with Crippen molar-refractivity contribution >= 4 is 5.97 Å². The molecule has 0 aromatic rings. The van der Waals surface area contributed by atoms with E-state index in [4.69, 9.17) is 10.2 Å². The first-order valence-corrected chi connectivity index (χ1v) is 5.33. The smallest absolute Gasteiger partial charge is 0.320 e. The first-order valence-electron chi connectivity index (χ1n) is 5.33. The molecule has 1 atom stereocenters. The van der Waals surface area contributed by atoms with Crippen LogP contribution in [0.5, 0.6) is 0 Å². The van der Waals surface area contributed by atoms with Crippen LogP contribution in [0.1, 0.15) is 32.1 Å². The molecule has 1 unspecified atom stereocenters. The van der Waals surface area contributed by atoms with Gasteiger partial charge in [-0.2, -0.15) is 0 Å². The third kappa shape index (κ3) is 3.27. The van der Waals surface area contributed by atoms with Crippen molar-refractivity contribution in [2.45, 2.75) is 38.1 Å². The van der Waals surface area contributed by atoms with Gasteiger partial charge >= 0.3 is 5.97 Å². The molecule has 0 saturated carbocycles. The Labute approximate surface area is 84.5 Å². The van der Waals surface area contributed by atoms with Crippen LogP contribution >= 0.6 is 0 Å². The molecule has 2 N–H and O–H groups in total. The van der Waals surface area contributed by atoms with Crippen molar-refractivity contribution in [2.24, 2.45) is 0 Å². The Kier molecular flexibility index (Phi) is 4.90. The van der Waals surface area contributed by atoms with Crippen LogP contribution in [0.3, 0.4) is 0 Å². The van der Waals surface area contributed by atoms with Crippen molar-refractivity contribution in [3.63, 3.8) is 0 Å². The summed E-state index contributed by atoms with van der Waals surface area (Å²) in [7, 11) is 0. The first kappa shape index (κ1) is 11.5. The minimum atomic E-state index is -0.690. The largest absolute Gasteiger partial charge is 0.480 e. The van der Waals surface area contributed by atoms with E-state index in [0.29, 0.717) is 0 Å². The zero-order chi connectivity index (χ0) is 10.4. The van der Waals surface area contributed by atoms with Crippen LogP contribution < -0.4 is 0 Å². The number of carboxylic acid groups (broad SMARTS) is 1. The van der Waals surface area contributed by atoms with Gasteiger partial charge in [0.25, 0.3) is 0 Å². The summed E-state index contributed by atoms with van der Waals surface area (Å²) in [6.07, 6.45) is 4.58. The molecule has 0 spiro atoms. The Bertz CT molecular complexity index is 184. The van der Waals surface area contributed by atoms with Gasteiger partial charge in [-0.15, -0.1) is 0 Å². The van der Waals surface area contributed by atoms with Gasteiger partial charge in [0.1, 0.15) is 6.04 Å². The molecule has 1 aliphatic heterocycles. The van der Waals surface area contributed by atoms with Crippen molar-refractivity contribution in [3.8, 4) is 0 Å². The second-order valence-electron chi connectivity index (χ2n) is 3.82. The van der Waals surface area contributed by atoms with E-state index in [1.807, 2.05) is 4.90 Å². The third-order valence-corrected chi connectivity index (χ3v) is 2.75. The second-order valence-corrected chi connectivity index (χ2v) is 3.82. The number of carboxylic acids is 1. The maximum absolute atomic E-state index is 10.8. The molecule has 1 fully saturated rings. The van der Waals surface area contributed by atoms with E-state index in [9.17, 15) is 4.79 Å². The normalized spacial score (nSPS) is 22.8. The van der Waals surface area contributed by atoms with Crippen LogP contribution in [-0.2, 0) is 4.79 Å². The lowest BCUT2D eigenvalue weighted by molar-refractivity contribution is -0.142. The minimum Gasteiger partial charge on any atom is -0.480 e. The first-order chi connectivity index (χ1) is 6.75. The highest BCUT2D eigenvalue weighted by molar-refractivity contribution is 5.73. The van der Waals surface area contributed by atoms with Gasteiger partial charge in [0.15, 0.2) is 0 Å². The fourth-order valence-electron chi connectivity index (χ4n) is 1.98. The number of carbonyl (C=O) groups is 1. The van der Waals surface area contributed by atoms with Crippen molar-refractivity contribution in [1.82, 2.24) is 4.90 Å². The Hall–Kier alpha value is -0.610. The van der Waals surface area contributed by atoms with Crippen molar-refractivity contribution in [2.75, 3.05) is 19.7 Å². The molecule has 1 saturated heterocycles. The van der Waals surface area contributed by atoms with E-state index in [1.165, 1.54) is 0 Å². The molecular formula is C10H19NO3. The highest BCUT2D eigenvalue weighted by atomic mass is 16.4. The summed E-state index contributed by atoms with van der Waals surface area (Å²) in [5, 5.41) is 17.5. The van der Waals surface area contributed by atoms with E-state index in [1.54, 1.807) is 0 Å². The Morgan fingerprint density at radius 3 is 2.79 bits per heavy atom. The van der Waals surface area contributed by atoms with Crippen LogP contribution in [0.4, 0.5) is 0 Å². The number of likely N-dealkylation sites (tertiary alicyclic amines) is 1. The van der Waals surface area contributed by atoms with Gasteiger partial charge in [-0.1, -0.05) is 0 Å². The molecule has 0 bridgehead atoms. The number of aliphatic hydroxyl groups is 1. The Morgan fingerprint density at radius 1 is 1.36 bits per heavy atom. The number of nitrogens with zero attached hydrogens (tertiary/aromatic N) is 1. The van der Waals surface area contributed by atoms with Crippen LogP contribution in [0, 0.1) is 0 Å². The molecule has 1 rings (SSSR count). The fraction of sp³-hybridized carbons (Fsp3) is 0.900. The standard InChI is InChI=1S/C10H19NO3/c12-8-3-1-2-6-11-7-4-5-9(11)10(13)14/h9,12H,1-8H2,(H,13,14). The molecule has 0 aromatic heterocycles. The Morgan fingerprint density at radius 2 is 2.14 bits per heavy atom. The van der Waals surface area contributed by atoms with Crippen molar-refractivity contribution < 1.29 is 15.0 Å². The molecule has 4 nitrogen and oxygen atoms in total. The van der Waals surface area contributed by atoms with Crippen LogP contribution in [0.15, 0.2) is 0 Å². The van der Waals surface area contributed by atoms with E-state index in [-0.39, 0.29) is 12.6 Å². The predicted octanol–water partition coefficient (Wildman–Crippen LogP) is 0.698. The summed E-state index contributed by atoms with van der Waals surface area (Å²) in [6, 6.07) is -0.260. The molecule has 0 aliphatic carbocycles. The second kappa shape index (κ2) is 5.98. The van der Waals surface area contributed by atoms with E-state index >= 15 is 0 Å². The number of aliphatic hydroxyl groups excluding tert-OH is 1. The number of unbranched alkanes of at least 4 members (excludes halogenated alkanes) is 2. The summed E-state index contributed by atoms with van der Waals surface area (Å²) in [5.41, 5.74) is 0. The van der Waals surface area contributed by atoms with Gasteiger partial charge in [0.2, 0.25) is 0 Å². The van der Waals surface area contributed by atoms with Gasteiger partial charge in [0.05, 0.1) is 0 Å². The lowest BCUT2D eigenvalue weighted by atomic mass is 10.2. The number of rotatable bonds is 6. The van der Waals surface area contributed by atoms with Crippen LogP contribution in [0.25, 0.3) is 0 Å². The van der Waals surface area contributed by atoms with Crippen molar-refractivity contribution in [1.29, 1.82) is 0 Å². The van der Waals surface area contributed by atoms with E-state index < -0.39 is 5.97 Å². The van der Waals surface area contributed by atoms with E-state index in [2.05, 4.69) is 0 Å². The third-order valence-electron chi connectivity index (χ3n) is 2.75. The predicted molar refractivity (Wildman–Crippen MR) is 53.2 cm³/mol. The average Bonchev–Trinajstić information content (AvgIpc) is 2.60. The molecule has 0 amide bonds. The molecule has 1 heterocycles. The highest BCUT2D eigenvalue weighted by Gasteiger charge is 2.29. The quantitative estimate of drug-likeness (QED) is 0.621. The summed E-state index contributed by atoms with van der Waals surface area (Å²) >= 11 is 0. The van der Waals surface area contributed by atoms with Crippen molar-refractivity contribution in [3.05, 3.63) is 0 Å². The zero-order valence-corrected chi connectivity index (χ0v) is 8.48. The fourth-order valence-corrected chi connectivity index (χ4v) is 1.98. The van der Waals surface area contributed by atoms with Gasteiger partial charge in [-0.05, 0) is 45.2 Å². The minimum absolute atomic E-state index is 0.238. The molecule has 4 heteroatoms. The topological polar surface area (TPSA) is 60.8 Å². The molecule has 82 valence electrons. The monoisotopic (exact) mass is 201 g/mol. The summed E-state index contributed by atoms with van der Waals surface area (Å²) in [4.78, 5) is 12.9. The molecular weight excluding hydrogens is 182 g/mol. The van der Waals surface area contributed by atoms with Crippen LogP contribution in [-0.4, -0.2) is 46.8 Å². The van der Waals surface area contributed by atoms with Gasteiger partial charge in [0, 0.05) is 6.61 Å². The maximum atomic E-state index is 10.8. The molecule has 14 heavy (non-hydrogen) atoms. The number of aliphatic carboxylic acids is 1. The van der Waals surface area contributed by atoms with Gasteiger partial charge in [-0.25, -0.2) is 0 Å². The number of hydrogen-bond donors (Lipinski definition) is 2. The average molecular weight is 201 g/mol. The maximum Gasteiger partial charge on any atom is 0.320 e. The lowest BCUT2D eigenvalue weighted by Gasteiger charge is -2.20. The number of hydrogen-bond acceptors (Lipinski definition) is 3. The highest BCUT2D eigenvalue weighted by Crippen LogP contribution is 2.17. The zero-order valence-electron chi connectivity index (χ0n) is 8.48. The summed E-state index contributed by atoms with van der Waals surface area (Å²) in [5.74, 6) is -0.690. The van der Waals surface area contributed by atoms with E-state index in [0.717, 1.165) is 45.2 Å². The molecule has 0 radical (unpaired) electrons. The molecule has 0 aromatic carbocycles. The Balaban J connectivity index is 2.19.